The maximum Gasteiger partial charge on any atom is 0.224 e. The summed E-state index contributed by atoms with van der Waals surface area (Å²) in [6.45, 7) is 4.58. The zero-order valence-electron chi connectivity index (χ0n) is 32.1. The Hall–Kier alpha value is -3.88. The molecule has 286 valence electrons. The summed E-state index contributed by atoms with van der Waals surface area (Å²) in [6, 6.07) is 15.5. The number of aliphatic hydroxyl groups is 2. The van der Waals surface area contributed by atoms with E-state index in [-0.39, 0.29) is 36.5 Å². The zero-order chi connectivity index (χ0) is 37.3. The number of rotatable bonds is 13. The summed E-state index contributed by atoms with van der Waals surface area (Å²) in [5.41, 5.74) is 4.51. The Kier molecular flexibility index (Phi) is 11.0. The molecule has 8 nitrogen and oxygen atoms in total. The first-order valence-corrected chi connectivity index (χ1v) is 21.0. The number of anilines is 2. The summed E-state index contributed by atoms with van der Waals surface area (Å²) in [5, 5.41) is 31.3. The topological polar surface area (TPSA) is 124 Å². The summed E-state index contributed by atoms with van der Waals surface area (Å²) < 4.78 is 0. The van der Waals surface area contributed by atoms with Crippen molar-refractivity contribution >= 4 is 45.0 Å². The molecule has 0 saturated heterocycles. The highest BCUT2D eigenvalue weighted by molar-refractivity contribution is 6.02. The van der Waals surface area contributed by atoms with Gasteiger partial charge in [-0.25, -0.2) is 0 Å². The predicted octanol–water partition coefficient (Wildman–Crippen LogP) is 9.91. The molecule has 0 aliphatic heterocycles. The van der Waals surface area contributed by atoms with Gasteiger partial charge in [0.1, 0.15) is 0 Å². The fourth-order valence-corrected chi connectivity index (χ4v) is 11.6. The molecule has 4 N–H and O–H groups in total. The molecule has 4 bridgehead atoms. The lowest BCUT2D eigenvalue weighted by Crippen LogP contribution is -2.40. The van der Waals surface area contributed by atoms with Crippen LogP contribution in [0.1, 0.15) is 127 Å². The fraction of sp³-hybridized carbons (Fsp3) is 0.565. The monoisotopic (exact) mass is 730 g/mol. The Morgan fingerprint density at radius 2 is 1.24 bits per heavy atom. The molecule has 4 aromatic rings. The van der Waals surface area contributed by atoms with Crippen LogP contribution in [0.2, 0.25) is 0 Å². The molecule has 54 heavy (non-hydrogen) atoms. The second-order valence-electron chi connectivity index (χ2n) is 17.2. The molecule has 6 aliphatic carbocycles. The number of nitrogens with one attached hydrogen (secondary N) is 2. The average Bonchev–Trinajstić information content (AvgIpc) is 3.21. The van der Waals surface area contributed by atoms with E-state index >= 15 is 0 Å². The summed E-state index contributed by atoms with van der Waals surface area (Å²) in [7, 11) is 0. The minimum absolute atomic E-state index is 0.119. The van der Waals surface area contributed by atoms with Crippen LogP contribution in [0, 0.1) is 47.3 Å². The van der Waals surface area contributed by atoms with Gasteiger partial charge >= 0.3 is 0 Å². The number of aliphatic hydroxyl groups excluding tert-OH is 2. The SMILES string of the molecule is CCC1C[C@@H]2CC[C@H]1CC2C(O)c1ccnc2c(NC(=O)CCCCC(=O)Nc3cccc4c(C(O)C5C[C@@H]6CC[C@H]5C(CC)C6)ccnc34)cccc12. The molecule has 2 aromatic carbocycles. The molecule has 0 spiro atoms. The summed E-state index contributed by atoms with van der Waals surface area (Å²) in [5.74, 6) is 4.35. The quantitative estimate of drug-likeness (QED) is 0.102. The van der Waals surface area contributed by atoms with Gasteiger partial charge in [0.15, 0.2) is 0 Å². The minimum Gasteiger partial charge on any atom is -0.388 e. The van der Waals surface area contributed by atoms with Crippen LogP contribution in [0.25, 0.3) is 21.8 Å². The first kappa shape index (κ1) is 37.1. The van der Waals surface area contributed by atoms with E-state index in [0.29, 0.717) is 64.8 Å². The number of carbonyl (C=O) groups excluding carboxylic acids is 2. The smallest absolute Gasteiger partial charge is 0.224 e. The highest BCUT2D eigenvalue weighted by Crippen LogP contribution is 2.55. The van der Waals surface area contributed by atoms with Gasteiger partial charge in [0.05, 0.1) is 34.6 Å². The lowest BCUT2D eigenvalue weighted by atomic mass is 9.57. The van der Waals surface area contributed by atoms with E-state index in [9.17, 15) is 19.8 Å². The van der Waals surface area contributed by atoms with E-state index in [1.165, 1.54) is 51.4 Å². The number of unbranched alkanes of at least 4 members (excludes halogenated alkanes) is 1. The summed E-state index contributed by atoms with van der Waals surface area (Å²) in [6.07, 6.45) is 16.2. The van der Waals surface area contributed by atoms with Gasteiger partial charge in [-0.05, 0) is 141 Å². The molecule has 10 rings (SSSR count). The second kappa shape index (κ2) is 16.1. The molecule has 2 heterocycles. The molecule has 10 atom stereocenters. The second-order valence-corrected chi connectivity index (χ2v) is 17.2. The highest BCUT2D eigenvalue weighted by Gasteiger charge is 2.45. The number of benzene rings is 2. The third-order valence-corrected chi connectivity index (χ3v) is 14.4. The standard InChI is InChI=1S/C46H58N4O4/c1-3-28-25-31-17-16-30(28)26-37(31)45(53)35-19-21-47-43-33(35)9-7-11-39(43)49-41(51)13-5-6-14-42(52)50-40-12-8-10-34-36(20-22-48-44(34)40)46(54)38-24-27-15-18-32(38)29(4-2)23-27/h7-12,19-22,27-32,37-38,45-46,53-54H,3-6,13-18,23-26H2,1-2H3,(H,49,51)(H,50,52)/t27-,28?,29?,30+,31+,32+,37?,38?,45?,46?/m1/s1. The van der Waals surface area contributed by atoms with Crippen LogP contribution in [0.3, 0.4) is 0 Å². The van der Waals surface area contributed by atoms with Gasteiger partial charge in [-0.1, -0.05) is 57.4 Å². The van der Waals surface area contributed by atoms with Crippen molar-refractivity contribution in [2.75, 3.05) is 10.6 Å². The average molecular weight is 731 g/mol. The maximum atomic E-state index is 13.1. The number of fused-ring (bicyclic) bond motifs is 8. The van der Waals surface area contributed by atoms with E-state index in [1.54, 1.807) is 12.4 Å². The van der Waals surface area contributed by atoms with Crippen molar-refractivity contribution < 1.29 is 19.8 Å². The van der Waals surface area contributed by atoms with Crippen LogP contribution in [0.15, 0.2) is 60.9 Å². The van der Waals surface area contributed by atoms with Gasteiger partial charge < -0.3 is 20.8 Å². The van der Waals surface area contributed by atoms with Crippen molar-refractivity contribution in [3.8, 4) is 0 Å². The first-order chi connectivity index (χ1) is 26.3. The van der Waals surface area contributed by atoms with Crippen LogP contribution in [0.4, 0.5) is 11.4 Å². The van der Waals surface area contributed by atoms with Gasteiger partial charge in [-0.15, -0.1) is 0 Å². The van der Waals surface area contributed by atoms with Crippen molar-refractivity contribution in [2.24, 2.45) is 47.3 Å². The van der Waals surface area contributed by atoms with Gasteiger partial charge in [-0.3, -0.25) is 19.6 Å². The molecular weight excluding hydrogens is 673 g/mol. The third kappa shape index (κ3) is 7.28. The molecule has 6 fully saturated rings. The molecule has 6 saturated carbocycles. The van der Waals surface area contributed by atoms with Crippen molar-refractivity contribution in [2.45, 2.75) is 116 Å². The Bertz CT molecular complexity index is 1980. The number of aromatic nitrogens is 2. The number of amides is 2. The largest absolute Gasteiger partial charge is 0.388 e. The van der Waals surface area contributed by atoms with Gasteiger partial charge in [0.25, 0.3) is 0 Å². The Morgan fingerprint density at radius 3 is 1.78 bits per heavy atom. The normalized spacial score (nSPS) is 28.6. The Morgan fingerprint density at radius 1 is 0.667 bits per heavy atom. The third-order valence-electron chi connectivity index (χ3n) is 14.4. The van der Waals surface area contributed by atoms with E-state index in [2.05, 4.69) is 34.4 Å². The first-order valence-electron chi connectivity index (χ1n) is 21.0. The zero-order valence-corrected chi connectivity index (χ0v) is 32.1. The number of para-hydroxylation sites is 2. The Balaban J connectivity index is 0.856. The summed E-state index contributed by atoms with van der Waals surface area (Å²) in [4.78, 5) is 35.5. The lowest BCUT2D eigenvalue weighted by Gasteiger charge is -2.49. The van der Waals surface area contributed by atoms with Gasteiger partial charge in [-0.2, -0.15) is 0 Å². The van der Waals surface area contributed by atoms with Crippen LogP contribution in [0.5, 0.6) is 0 Å². The molecule has 2 aromatic heterocycles. The van der Waals surface area contributed by atoms with Crippen LogP contribution in [-0.2, 0) is 9.59 Å². The Labute approximate surface area is 319 Å². The van der Waals surface area contributed by atoms with Gasteiger partial charge in [0.2, 0.25) is 11.8 Å². The number of hydrogen-bond donors (Lipinski definition) is 4. The van der Waals surface area contributed by atoms with Gasteiger partial charge in [0, 0.05) is 36.0 Å². The molecule has 2 amide bonds. The van der Waals surface area contributed by atoms with Crippen molar-refractivity contribution in [1.82, 2.24) is 9.97 Å². The number of nitrogens with zero attached hydrogens (tertiary/aromatic N) is 2. The van der Waals surface area contributed by atoms with E-state index in [4.69, 9.17) is 0 Å². The molecule has 6 aliphatic rings. The number of carbonyl (C=O) groups is 2. The van der Waals surface area contributed by atoms with E-state index in [0.717, 1.165) is 40.7 Å². The van der Waals surface area contributed by atoms with Crippen molar-refractivity contribution in [3.63, 3.8) is 0 Å². The molecule has 8 heteroatoms. The van der Waals surface area contributed by atoms with Crippen LogP contribution in [-0.4, -0.2) is 32.0 Å². The highest BCUT2D eigenvalue weighted by atomic mass is 16.3. The van der Waals surface area contributed by atoms with Crippen molar-refractivity contribution in [1.29, 1.82) is 0 Å². The van der Waals surface area contributed by atoms with Crippen LogP contribution >= 0.6 is 0 Å². The summed E-state index contributed by atoms with van der Waals surface area (Å²) >= 11 is 0. The molecule has 0 radical (unpaired) electrons. The number of hydrogen-bond acceptors (Lipinski definition) is 6. The van der Waals surface area contributed by atoms with E-state index < -0.39 is 12.2 Å². The fourth-order valence-electron chi connectivity index (χ4n) is 11.6. The number of pyridine rings is 2. The lowest BCUT2D eigenvalue weighted by molar-refractivity contribution is -0.118. The van der Waals surface area contributed by atoms with Crippen molar-refractivity contribution in [3.05, 3.63) is 72.1 Å². The van der Waals surface area contributed by atoms with E-state index in [1.807, 2.05) is 48.5 Å². The minimum atomic E-state index is -0.543. The predicted molar refractivity (Wildman–Crippen MR) is 215 cm³/mol. The molecular formula is C46H58N4O4. The maximum absolute atomic E-state index is 13.1. The molecule has 6 unspecified atom stereocenters. The van der Waals surface area contributed by atoms with Crippen LogP contribution < -0.4 is 10.6 Å².